The van der Waals surface area contributed by atoms with E-state index >= 15 is 0 Å². The van der Waals surface area contributed by atoms with Gasteiger partial charge in [-0.3, -0.25) is 4.79 Å². The number of nitrogens with zero attached hydrogens (tertiary/aromatic N) is 2. The fraction of sp³-hybridized carbons (Fsp3) is 0.158. The Morgan fingerprint density at radius 2 is 2.00 bits per heavy atom. The summed E-state index contributed by atoms with van der Waals surface area (Å²) in [5.41, 5.74) is 0.861. The number of hydrogen-bond donors (Lipinski definition) is 0. The quantitative estimate of drug-likeness (QED) is 0.644. The number of halogens is 1. The Hall–Kier alpha value is -2.91. The summed E-state index contributed by atoms with van der Waals surface area (Å²) in [5, 5.41) is 8.83. The third-order valence-electron chi connectivity index (χ3n) is 3.65. The first-order valence-corrected chi connectivity index (χ1v) is 8.53. The number of benzene rings is 1. The Morgan fingerprint density at radius 1 is 1.20 bits per heavy atom. The SMILES string of the molecule is N#CCCN(Cc1ccco1)C(=O)c1ccc(-c2ccc(F)cc2)s1. The zero-order chi connectivity index (χ0) is 17.6. The van der Waals surface area contributed by atoms with Crippen LogP contribution in [0, 0.1) is 17.1 Å². The number of rotatable bonds is 6. The van der Waals surface area contributed by atoms with Gasteiger partial charge in [0.25, 0.3) is 5.91 Å². The highest BCUT2D eigenvalue weighted by Crippen LogP contribution is 2.29. The Kier molecular flexibility index (Phi) is 5.26. The number of carbonyl (C=O) groups is 1. The normalized spacial score (nSPS) is 10.4. The van der Waals surface area contributed by atoms with Crippen LogP contribution in [-0.2, 0) is 6.54 Å². The van der Waals surface area contributed by atoms with Crippen molar-refractivity contribution in [2.45, 2.75) is 13.0 Å². The molecule has 25 heavy (non-hydrogen) atoms. The Balaban J connectivity index is 1.79. The molecule has 0 spiro atoms. The summed E-state index contributed by atoms with van der Waals surface area (Å²) in [6, 6.07) is 15.4. The second kappa shape index (κ2) is 7.77. The van der Waals surface area contributed by atoms with E-state index in [9.17, 15) is 9.18 Å². The van der Waals surface area contributed by atoms with Crippen molar-refractivity contribution in [2.75, 3.05) is 6.54 Å². The first-order valence-electron chi connectivity index (χ1n) is 7.72. The molecule has 0 aliphatic carbocycles. The molecule has 0 radical (unpaired) electrons. The third-order valence-corrected chi connectivity index (χ3v) is 4.78. The lowest BCUT2D eigenvalue weighted by Crippen LogP contribution is -2.30. The molecule has 126 valence electrons. The second-order valence-electron chi connectivity index (χ2n) is 5.38. The highest BCUT2D eigenvalue weighted by atomic mass is 32.1. The van der Waals surface area contributed by atoms with Crippen LogP contribution < -0.4 is 0 Å². The molecule has 0 N–H and O–H groups in total. The zero-order valence-electron chi connectivity index (χ0n) is 13.3. The summed E-state index contributed by atoms with van der Waals surface area (Å²) in [4.78, 5) is 15.9. The van der Waals surface area contributed by atoms with Crippen LogP contribution in [0.4, 0.5) is 4.39 Å². The Bertz CT molecular complexity index is 879. The van der Waals surface area contributed by atoms with Crippen LogP contribution in [0.5, 0.6) is 0 Å². The molecule has 0 saturated heterocycles. The first-order chi connectivity index (χ1) is 12.2. The second-order valence-corrected chi connectivity index (χ2v) is 6.47. The minimum atomic E-state index is -0.294. The van der Waals surface area contributed by atoms with Crippen molar-refractivity contribution in [2.24, 2.45) is 0 Å². The number of thiophene rings is 1. The summed E-state index contributed by atoms with van der Waals surface area (Å²) >= 11 is 1.35. The van der Waals surface area contributed by atoms with E-state index in [1.54, 1.807) is 41.5 Å². The molecule has 1 amide bonds. The average molecular weight is 354 g/mol. The summed E-state index contributed by atoms with van der Waals surface area (Å²) < 4.78 is 18.4. The van der Waals surface area contributed by atoms with Gasteiger partial charge in [0.2, 0.25) is 0 Å². The van der Waals surface area contributed by atoms with Crippen molar-refractivity contribution in [1.82, 2.24) is 4.90 Å². The minimum absolute atomic E-state index is 0.148. The molecular weight excluding hydrogens is 339 g/mol. The van der Waals surface area contributed by atoms with Crippen LogP contribution in [0.1, 0.15) is 21.9 Å². The molecule has 2 aromatic heterocycles. The number of amides is 1. The van der Waals surface area contributed by atoms with Crippen LogP contribution in [-0.4, -0.2) is 17.4 Å². The van der Waals surface area contributed by atoms with Crippen LogP contribution in [0.15, 0.2) is 59.2 Å². The zero-order valence-corrected chi connectivity index (χ0v) is 14.1. The summed E-state index contributed by atoms with van der Waals surface area (Å²) in [6.07, 6.45) is 1.81. The van der Waals surface area contributed by atoms with Crippen molar-refractivity contribution in [3.63, 3.8) is 0 Å². The molecule has 0 atom stereocenters. The molecule has 0 aliphatic rings. The molecular formula is C19H15FN2O2S. The molecule has 0 aliphatic heterocycles. The summed E-state index contributed by atoms with van der Waals surface area (Å²) in [7, 11) is 0. The molecule has 3 rings (SSSR count). The average Bonchev–Trinajstić information content (AvgIpc) is 3.30. The summed E-state index contributed by atoms with van der Waals surface area (Å²) in [5.74, 6) is 0.226. The van der Waals surface area contributed by atoms with Crippen LogP contribution >= 0.6 is 11.3 Å². The van der Waals surface area contributed by atoms with Crippen molar-refractivity contribution < 1.29 is 13.6 Å². The van der Waals surface area contributed by atoms with E-state index in [-0.39, 0.29) is 18.1 Å². The van der Waals surface area contributed by atoms with E-state index < -0.39 is 0 Å². The van der Waals surface area contributed by atoms with E-state index in [2.05, 4.69) is 6.07 Å². The van der Waals surface area contributed by atoms with Crippen molar-refractivity contribution in [3.05, 3.63) is 71.2 Å². The third kappa shape index (κ3) is 4.14. The topological polar surface area (TPSA) is 57.2 Å². The molecule has 3 aromatic rings. The van der Waals surface area contributed by atoms with Gasteiger partial charge >= 0.3 is 0 Å². The standard InChI is InChI=1S/C19H15FN2O2S/c20-15-6-4-14(5-7-15)17-8-9-18(25-17)19(23)22(11-2-10-21)13-16-3-1-12-24-16/h1,3-9,12H,2,11,13H2. The van der Waals surface area contributed by atoms with Crippen LogP contribution in [0.2, 0.25) is 0 Å². The molecule has 0 bridgehead atoms. The predicted molar refractivity (Wildman–Crippen MR) is 93.4 cm³/mol. The molecule has 0 fully saturated rings. The highest BCUT2D eigenvalue weighted by Gasteiger charge is 2.19. The van der Waals surface area contributed by atoms with E-state index in [1.165, 1.54) is 23.5 Å². The van der Waals surface area contributed by atoms with Gasteiger partial charge in [0, 0.05) is 11.4 Å². The predicted octanol–water partition coefficient (Wildman–Crippen LogP) is 4.70. The summed E-state index contributed by atoms with van der Waals surface area (Å²) in [6.45, 7) is 0.650. The van der Waals surface area contributed by atoms with Gasteiger partial charge in [-0.1, -0.05) is 12.1 Å². The van der Waals surface area contributed by atoms with Crippen LogP contribution in [0.25, 0.3) is 10.4 Å². The van der Waals surface area contributed by atoms with Crippen molar-refractivity contribution in [3.8, 4) is 16.5 Å². The number of carbonyl (C=O) groups excluding carboxylic acids is 1. The first kappa shape index (κ1) is 16.9. The molecule has 0 saturated carbocycles. The smallest absolute Gasteiger partial charge is 0.264 e. The van der Waals surface area contributed by atoms with Crippen molar-refractivity contribution in [1.29, 1.82) is 5.26 Å². The molecule has 2 heterocycles. The number of nitriles is 1. The lowest BCUT2D eigenvalue weighted by atomic mass is 10.2. The number of furan rings is 1. The lowest BCUT2D eigenvalue weighted by Gasteiger charge is -2.19. The molecule has 0 unspecified atom stereocenters. The maximum absolute atomic E-state index is 13.0. The van der Waals surface area contributed by atoms with E-state index in [4.69, 9.17) is 9.68 Å². The van der Waals surface area contributed by atoms with Gasteiger partial charge in [-0.05, 0) is 42.0 Å². The largest absolute Gasteiger partial charge is 0.467 e. The Labute approximate surface area is 148 Å². The van der Waals surface area contributed by atoms with Crippen LogP contribution in [0.3, 0.4) is 0 Å². The van der Waals surface area contributed by atoms with E-state index in [1.807, 2.05) is 6.07 Å². The molecule has 4 nitrogen and oxygen atoms in total. The highest BCUT2D eigenvalue weighted by molar-refractivity contribution is 7.17. The van der Waals surface area contributed by atoms with Gasteiger partial charge < -0.3 is 9.32 Å². The lowest BCUT2D eigenvalue weighted by molar-refractivity contribution is 0.0740. The maximum atomic E-state index is 13.0. The Morgan fingerprint density at radius 3 is 2.68 bits per heavy atom. The fourth-order valence-electron chi connectivity index (χ4n) is 2.41. The van der Waals surface area contributed by atoms with E-state index in [0.717, 1.165) is 10.4 Å². The molecule has 1 aromatic carbocycles. The maximum Gasteiger partial charge on any atom is 0.264 e. The number of hydrogen-bond acceptors (Lipinski definition) is 4. The van der Waals surface area contributed by atoms with Gasteiger partial charge in [-0.25, -0.2) is 4.39 Å². The monoisotopic (exact) mass is 354 g/mol. The van der Waals surface area contributed by atoms with Gasteiger partial charge in [-0.15, -0.1) is 11.3 Å². The van der Waals surface area contributed by atoms with Gasteiger partial charge in [-0.2, -0.15) is 5.26 Å². The van der Waals surface area contributed by atoms with E-state index in [0.29, 0.717) is 23.7 Å². The fourth-order valence-corrected chi connectivity index (χ4v) is 3.39. The van der Waals surface area contributed by atoms with Gasteiger partial charge in [0.15, 0.2) is 0 Å². The minimum Gasteiger partial charge on any atom is -0.467 e. The van der Waals surface area contributed by atoms with Gasteiger partial charge in [0.05, 0.1) is 30.2 Å². The van der Waals surface area contributed by atoms with Crippen molar-refractivity contribution >= 4 is 17.2 Å². The van der Waals surface area contributed by atoms with Gasteiger partial charge in [0.1, 0.15) is 11.6 Å². The molecule has 6 heteroatoms.